The van der Waals surface area contributed by atoms with Crippen LogP contribution in [0.15, 0.2) is 30.8 Å². The van der Waals surface area contributed by atoms with E-state index in [1.165, 1.54) is 0 Å². The molecule has 2 heteroatoms. The first-order valence-electron chi connectivity index (χ1n) is 4.63. The second-order valence-electron chi connectivity index (χ2n) is 3.32. The molecule has 0 aliphatic heterocycles. The third kappa shape index (κ3) is 3.11. The van der Waals surface area contributed by atoms with Crippen molar-refractivity contribution in [1.82, 2.24) is 0 Å². The lowest BCUT2D eigenvalue weighted by atomic mass is 10.2. The minimum Gasteiger partial charge on any atom is -0.491 e. The number of benzene rings is 1. The van der Waals surface area contributed by atoms with E-state index >= 15 is 0 Å². The lowest BCUT2D eigenvalue weighted by molar-refractivity contribution is 0.242. The van der Waals surface area contributed by atoms with Crippen molar-refractivity contribution < 1.29 is 4.74 Å². The zero-order valence-electron chi connectivity index (χ0n) is 8.91. The molecule has 14 heavy (non-hydrogen) atoms. The van der Waals surface area contributed by atoms with Crippen LogP contribution in [0.2, 0.25) is 0 Å². The molecule has 0 atom stereocenters. The summed E-state index contributed by atoms with van der Waals surface area (Å²) in [5.74, 6) is 0.914. The molecule has 1 rings (SSSR count). The van der Waals surface area contributed by atoms with Gasteiger partial charge in [-0.05, 0) is 37.8 Å². The first-order valence-corrected chi connectivity index (χ1v) is 5.86. The fraction of sp³-hybridized carbons (Fsp3) is 0.333. The maximum Gasteiger partial charge on any atom is 0.119 e. The Morgan fingerprint density at radius 1 is 1.29 bits per heavy atom. The molecule has 0 unspecified atom stereocenters. The molecular weight excluding hydrogens is 192 g/mol. The highest BCUT2D eigenvalue weighted by molar-refractivity contribution is 8.07. The van der Waals surface area contributed by atoms with Crippen LogP contribution in [0.3, 0.4) is 0 Å². The number of ether oxygens (including phenoxy) is 1. The third-order valence-electron chi connectivity index (χ3n) is 1.79. The predicted octanol–water partition coefficient (Wildman–Crippen LogP) is 3.81. The first-order chi connectivity index (χ1) is 6.63. The maximum absolute atomic E-state index is 5.55. The number of hydrogen-bond acceptors (Lipinski definition) is 2. The van der Waals surface area contributed by atoms with Crippen molar-refractivity contribution in [3.05, 3.63) is 36.4 Å². The second kappa shape index (κ2) is 5.11. The van der Waals surface area contributed by atoms with Gasteiger partial charge in [-0.3, -0.25) is 0 Å². The van der Waals surface area contributed by atoms with Gasteiger partial charge >= 0.3 is 0 Å². The van der Waals surface area contributed by atoms with Crippen molar-refractivity contribution in [2.75, 3.05) is 6.26 Å². The highest BCUT2D eigenvalue weighted by atomic mass is 32.2. The van der Waals surface area contributed by atoms with Crippen molar-refractivity contribution in [2.24, 2.45) is 0 Å². The van der Waals surface area contributed by atoms with Crippen LogP contribution < -0.4 is 4.74 Å². The smallest absolute Gasteiger partial charge is 0.119 e. The summed E-state index contributed by atoms with van der Waals surface area (Å²) in [6.07, 6.45) is 2.26. The van der Waals surface area contributed by atoms with E-state index in [4.69, 9.17) is 4.74 Å². The highest BCUT2D eigenvalue weighted by Gasteiger charge is 1.99. The van der Waals surface area contributed by atoms with Gasteiger partial charge < -0.3 is 4.74 Å². The van der Waals surface area contributed by atoms with Gasteiger partial charge in [0.15, 0.2) is 0 Å². The molecule has 0 aliphatic carbocycles. The summed E-state index contributed by atoms with van der Waals surface area (Å²) < 4.78 is 5.55. The van der Waals surface area contributed by atoms with Crippen LogP contribution in [0, 0.1) is 0 Å². The molecule has 0 heterocycles. The molecule has 0 bridgehead atoms. The van der Waals surface area contributed by atoms with E-state index in [-0.39, 0.29) is 6.10 Å². The molecule has 76 valence electrons. The van der Waals surface area contributed by atoms with Gasteiger partial charge in [0, 0.05) is 4.91 Å². The Morgan fingerprint density at radius 2 is 1.86 bits per heavy atom. The largest absolute Gasteiger partial charge is 0.491 e. The van der Waals surface area contributed by atoms with Crippen LogP contribution in [0.1, 0.15) is 19.4 Å². The first kappa shape index (κ1) is 11.2. The van der Waals surface area contributed by atoms with Crippen LogP contribution in [0.5, 0.6) is 5.75 Å². The van der Waals surface area contributed by atoms with Crippen molar-refractivity contribution >= 4 is 16.7 Å². The van der Waals surface area contributed by atoms with Crippen LogP contribution >= 0.6 is 11.8 Å². The van der Waals surface area contributed by atoms with Gasteiger partial charge in [0.05, 0.1) is 6.10 Å². The SMILES string of the molecule is C=C(SC)c1ccc(OC(C)C)cc1. The Morgan fingerprint density at radius 3 is 2.29 bits per heavy atom. The lowest BCUT2D eigenvalue weighted by Crippen LogP contribution is -2.05. The summed E-state index contributed by atoms with van der Waals surface area (Å²) in [6, 6.07) is 8.04. The maximum atomic E-state index is 5.55. The minimum absolute atomic E-state index is 0.226. The van der Waals surface area contributed by atoms with Crippen molar-refractivity contribution in [3.8, 4) is 5.75 Å². The van der Waals surface area contributed by atoms with Gasteiger partial charge in [-0.25, -0.2) is 0 Å². The third-order valence-corrected chi connectivity index (χ3v) is 2.52. The normalized spacial score (nSPS) is 10.3. The van der Waals surface area contributed by atoms with E-state index in [0.717, 1.165) is 16.2 Å². The molecule has 0 amide bonds. The summed E-state index contributed by atoms with van der Waals surface area (Å²) in [5, 5.41) is 0. The van der Waals surface area contributed by atoms with E-state index in [2.05, 4.69) is 6.58 Å². The molecule has 1 nitrogen and oxygen atoms in total. The predicted molar refractivity (Wildman–Crippen MR) is 64.8 cm³/mol. The summed E-state index contributed by atoms with van der Waals surface area (Å²) in [7, 11) is 0. The molecule has 0 aromatic heterocycles. The summed E-state index contributed by atoms with van der Waals surface area (Å²) in [4.78, 5) is 1.08. The second-order valence-corrected chi connectivity index (χ2v) is 4.22. The Labute approximate surface area is 90.2 Å². The molecule has 0 fully saturated rings. The summed E-state index contributed by atoms with van der Waals surface area (Å²) >= 11 is 1.66. The standard InChI is InChI=1S/C12H16OS/c1-9(2)13-12-7-5-11(6-8-12)10(3)14-4/h5-9H,3H2,1-2,4H3. The fourth-order valence-corrected chi connectivity index (χ4v) is 1.48. The van der Waals surface area contributed by atoms with Gasteiger partial charge in [-0.15, -0.1) is 11.8 Å². The van der Waals surface area contributed by atoms with Crippen LogP contribution in [0.25, 0.3) is 4.91 Å². The van der Waals surface area contributed by atoms with Crippen LogP contribution in [0.4, 0.5) is 0 Å². The van der Waals surface area contributed by atoms with Crippen molar-refractivity contribution in [3.63, 3.8) is 0 Å². The number of hydrogen-bond donors (Lipinski definition) is 0. The molecule has 1 aromatic rings. The van der Waals surface area contributed by atoms with Gasteiger partial charge in [-0.2, -0.15) is 0 Å². The van der Waals surface area contributed by atoms with Crippen LogP contribution in [-0.2, 0) is 0 Å². The fourth-order valence-electron chi connectivity index (χ4n) is 1.11. The van der Waals surface area contributed by atoms with Gasteiger partial charge in [0.25, 0.3) is 0 Å². The molecule has 0 spiro atoms. The van der Waals surface area contributed by atoms with Gasteiger partial charge in [0.1, 0.15) is 5.75 Å². The minimum atomic E-state index is 0.226. The van der Waals surface area contributed by atoms with Crippen molar-refractivity contribution in [1.29, 1.82) is 0 Å². The Hall–Kier alpha value is -0.890. The molecule has 0 aliphatic rings. The number of rotatable bonds is 4. The van der Waals surface area contributed by atoms with E-state index in [9.17, 15) is 0 Å². The monoisotopic (exact) mass is 208 g/mol. The average Bonchev–Trinajstić information content (AvgIpc) is 2.17. The average molecular weight is 208 g/mol. The Bertz CT molecular complexity index is 301. The van der Waals surface area contributed by atoms with E-state index in [1.54, 1.807) is 11.8 Å². The van der Waals surface area contributed by atoms with Crippen LogP contribution in [-0.4, -0.2) is 12.4 Å². The van der Waals surface area contributed by atoms with E-state index in [0.29, 0.717) is 0 Å². The zero-order valence-corrected chi connectivity index (χ0v) is 9.73. The summed E-state index contributed by atoms with van der Waals surface area (Å²) in [6.45, 7) is 8.00. The van der Waals surface area contributed by atoms with Gasteiger partial charge in [0.2, 0.25) is 0 Å². The van der Waals surface area contributed by atoms with Crippen molar-refractivity contribution in [2.45, 2.75) is 20.0 Å². The molecule has 0 saturated carbocycles. The molecule has 0 saturated heterocycles. The quantitative estimate of drug-likeness (QED) is 0.744. The Kier molecular flexibility index (Phi) is 4.08. The zero-order chi connectivity index (χ0) is 10.6. The number of thioether (sulfide) groups is 1. The molecule has 0 radical (unpaired) electrons. The summed E-state index contributed by atoms with van der Waals surface area (Å²) in [5.41, 5.74) is 1.16. The van der Waals surface area contributed by atoms with E-state index < -0.39 is 0 Å². The lowest BCUT2D eigenvalue weighted by Gasteiger charge is -2.10. The molecule has 1 aromatic carbocycles. The molecular formula is C12H16OS. The molecule has 0 N–H and O–H groups in total. The topological polar surface area (TPSA) is 9.23 Å². The highest BCUT2D eigenvalue weighted by Crippen LogP contribution is 2.24. The van der Waals surface area contributed by atoms with Gasteiger partial charge in [-0.1, -0.05) is 18.7 Å². The van der Waals surface area contributed by atoms with E-state index in [1.807, 2.05) is 44.4 Å². The Balaban J connectivity index is 2.73.